The van der Waals surface area contributed by atoms with Gasteiger partial charge in [0, 0.05) is 22.5 Å². The highest BCUT2D eigenvalue weighted by molar-refractivity contribution is 9.10. The molecule has 1 aromatic rings. The van der Waals surface area contributed by atoms with E-state index in [9.17, 15) is 9.90 Å². The number of carboxylic acid groups (broad SMARTS) is 1. The Labute approximate surface area is 114 Å². The summed E-state index contributed by atoms with van der Waals surface area (Å²) in [7, 11) is 1.44. The van der Waals surface area contributed by atoms with Gasteiger partial charge in [-0.15, -0.1) is 0 Å². The number of aromatic hydroxyl groups is 1. The van der Waals surface area contributed by atoms with Crippen molar-refractivity contribution in [2.75, 3.05) is 7.11 Å². The van der Waals surface area contributed by atoms with E-state index >= 15 is 0 Å². The molecule has 1 unspecified atom stereocenters. The highest BCUT2D eigenvalue weighted by atomic mass is 79.9. The normalized spacial score (nSPS) is 12.2. The van der Waals surface area contributed by atoms with Crippen molar-refractivity contribution in [3.05, 3.63) is 21.7 Å². The first-order valence-electron chi connectivity index (χ1n) is 5.41. The second kappa shape index (κ2) is 6.06. The van der Waals surface area contributed by atoms with Gasteiger partial charge in [0.05, 0.1) is 7.11 Å². The van der Waals surface area contributed by atoms with Gasteiger partial charge in [-0.1, -0.05) is 15.9 Å². The first-order chi connectivity index (χ1) is 8.38. The molecule has 0 fully saturated rings. The fourth-order valence-electron chi connectivity index (χ4n) is 1.82. The van der Waals surface area contributed by atoms with E-state index in [2.05, 4.69) is 15.9 Å². The maximum absolute atomic E-state index is 10.6. The fraction of sp³-hybridized carbons (Fsp3) is 0.417. The van der Waals surface area contributed by atoms with E-state index in [-0.39, 0.29) is 18.6 Å². The van der Waals surface area contributed by atoms with Crippen LogP contribution in [-0.4, -0.2) is 23.3 Å². The van der Waals surface area contributed by atoms with Crippen LogP contribution < -0.4 is 10.5 Å². The minimum Gasteiger partial charge on any atom is -0.504 e. The van der Waals surface area contributed by atoms with Crippen LogP contribution in [0.4, 0.5) is 0 Å². The molecular weight excluding hydrogens is 302 g/mol. The van der Waals surface area contributed by atoms with Crippen LogP contribution in [0.2, 0.25) is 0 Å². The Morgan fingerprint density at radius 1 is 1.61 bits per heavy atom. The SMILES string of the molecule is COc1c(O)cc(Br)c(C)c1C(N)CCC(=O)O. The van der Waals surface area contributed by atoms with Gasteiger partial charge in [0.2, 0.25) is 0 Å². The Morgan fingerprint density at radius 3 is 2.72 bits per heavy atom. The number of nitrogens with two attached hydrogens (primary N) is 1. The molecule has 1 atom stereocenters. The summed E-state index contributed by atoms with van der Waals surface area (Å²) in [6, 6.07) is 1.03. The number of aliphatic carboxylic acids is 1. The number of phenolic OH excluding ortho intramolecular Hbond substituents is 1. The van der Waals surface area contributed by atoms with Gasteiger partial charge >= 0.3 is 5.97 Å². The summed E-state index contributed by atoms with van der Waals surface area (Å²) in [5.74, 6) is -0.620. The number of methoxy groups -OCH3 is 1. The number of hydrogen-bond acceptors (Lipinski definition) is 4. The van der Waals surface area contributed by atoms with Crippen molar-refractivity contribution < 1.29 is 19.7 Å². The molecule has 0 saturated heterocycles. The Hall–Kier alpha value is -1.27. The lowest BCUT2D eigenvalue weighted by molar-refractivity contribution is -0.137. The number of phenols is 1. The highest BCUT2D eigenvalue weighted by Gasteiger charge is 2.21. The second-order valence-electron chi connectivity index (χ2n) is 3.99. The molecule has 6 heteroatoms. The number of halogens is 1. The van der Waals surface area contributed by atoms with Gasteiger partial charge in [-0.25, -0.2) is 0 Å². The van der Waals surface area contributed by atoms with E-state index in [1.807, 2.05) is 6.92 Å². The molecule has 0 radical (unpaired) electrons. The summed E-state index contributed by atoms with van der Waals surface area (Å²) in [6.07, 6.45) is 0.249. The monoisotopic (exact) mass is 317 g/mol. The first-order valence-corrected chi connectivity index (χ1v) is 6.21. The van der Waals surface area contributed by atoms with Gasteiger partial charge in [0.1, 0.15) is 0 Å². The molecule has 4 N–H and O–H groups in total. The van der Waals surface area contributed by atoms with Crippen LogP contribution in [0.3, 0.4) is 0 Å². The quantitative estimate of drug-likeness (QED) is 0.775. The summed E-state index contributed by atoms with van der Waals surface area (Å²) >= 11 is 3.32. The molecular formula is C12H16BrNO4. The minimum absolute atomic E-state index is 0.0178. The predicted octanol–water partition coefficient (Wildman–Crippen LogP) is 2.34. The van der Waals surface area contributed by atoms with Crippen LogP contribution in [0.15, 0.2) is 10.5 Å². The van der Waals surface area contributed by atoms with E-state index in [4.69, 9.17) is 15.6 Å². The fourth-order valence-corrected chi connectivity index (χ4v) is 2.25. The van der Waals surface area contributed by atoms with E-state index in [1.165, 1.54) is 13.2 Å². The lowest BCUT2D eigenvalue weighted by atomic mass is 9.96. The molecule has 0 aliphatic rings. The number of rotatable bonds is 5. The molecule has 0 heterocycles. The zero-order valence-electron chi connectivity index (χ0n) is 10.2. The van der Waals surface area contributed by atoms with Crippen LogP contribution in [0.25, 0.3) is 0 Å². The van der Waals surface area contributed by atoms with E-state index < -0.39 is 12.0 Å². The number of benzene rings is 1. The third-order valence-electron chi connectivity index (χ3n) is 2.75. The van der Waals surface area contributed by atoms with Gasteiger partial charge in [0.15, 0.2) is 11.5 Å². The first kappa shape index (κ1) is 14.8. The van der Waals surface area contributed by atoms with Crippen molar-refractivity contribution >= 4 is 21.9 Å². The molecule has 1 aromatic carbocycles. The van der Waals surface area contributed by atoms with Crippen molar-refractivity contribution in [2.45, 2.75) is 25.8 Å². The Balaban J connectivity index is 3.16. The van der Waals surface area contributed by atoms with Gasteiger partial charge in [-0.05, 0) is 25.0 Å². The number of ether oxygens (including phenoxy) is 1. The third kappa shape index (κ3) is 3.14. The molecule has 1 rings (SSSR count). The molecule has 0 saturated carbocycles. The van der Waals surface area contributed by atoms with Crippen molar-refractivity contribution in [1.29, 1.82) is 0 Å². The highest BCUT2D eigenvalue weighted by Crippen LogP contribution is 2.40. The maximum Gasteiger partial charge on any atom is 0.303 e. The number of carboxylic acids is 1. The Kier molecular flexibility index (Phi) is 4.98. The van der Waals surface area contributed by atoms with Crippen LogP contribution in [0.1, 0.15) is 30.0 Å². The summed E-state index contributed by atoms with van der Waals surface area (Å²) in [6.45, 7) is 1.84. The lowest BCUT2D eigenvalue weighted by Crippen LogP contribution is -2.15. The third-order valence-corrected chi connectivity index (χ3v) is 3.57. The molecule has 18 heavy (non-hydrogen) atoms. The van der Waals surface area contributed by atoms with Crippen LogP contribution in [0.5, 0.6) is 11.5 Å². The summed E-state index contributed by atoms with van der Waals surface area (Å²) in [5, 5.41) is 18.5. The molecule has 100 valence electrons. The van der Waals surface area contributed by atoms with E-state index in [0.29, 0.717) is 15.8 Å². The van der Waals surface area contributed by atoms with Crippen molar-refractivity contribution in [3.8, 4) is 11.5 Å². The smallest absolute Gasteiger partial charge is 0.303 e. The van der Waals surface area contributed by atoms with Crippen LogP contribution in [0, 0.1) is 6.92 Å². The Morgan fingerprint density at radius 2 is 2.22 bits per heavy atom. The molecule has 0 amide bonds. The van der Waals surface area contributed by atoms with E-state index in [1.54, 1.807) is 0 Å². The van der Waals surface area contributed by atoms with Gasteiger partial charge in [-0.3, -0.25) is 4.79 Å². The Bertz CT molecular complexity index is 462. The molecule has 0 spiro atoms. The standard InChI is InChI=1S/C12H16BrNO4/c1-6-7(13)5-9(15)12(18-2)11(6)8(14)3-4-10(16)17/h5,8,15H,3-4,14H2,1-2H3,(H,16,17). The largest absolute Gasteiger partial charge is 0.504 e. The van der Waals surface area contributed by atoms with Crippen molar-refractivity contribution in [2.24, 2.45) is 5.73 Å². The summed E-state index contributed by atoms with van der Waals surface area (Å²) in [4.78, 5) is 10.6. The van der Waals surface area contributed by atoms with Crippen molar-refractivity contribution in [3.63, 3.8) is 0 Å². The van der Waals surface area contributed by atoms with Gasteiger partial charge < -0.3 is 20.7 Å². The summed E-state index contributed by atoms with van der Waals surface area (Å²) < 4.78 is 5.85. The average Bonchev–Trinajstić information content (AvgIpc) is 2.30. The van der Waals surface area contributed by atoms with E-state index in [0.717, 1.165) is 5.56 Å². The van der Waals surface area contributed by atoms with Crippen LogP contribution in [-0.2, 0) is 4.79 Å². The number of carbonyl (C=O) groups is 1. The molecule has 0 bridgehead atoms. The predicted molar refractivity (Wildman–Crippen MR) is 70.9 cm³/mol. The zero-order valence-corrected chi connectivity index (χ0v) is 11.8. The lowest BCUT2D eigenvalue weighted by Gasteiger charge is -2.19. The minimum atomic E-state index is -0.902. The molecule has 5 nitrogen and oxygen atoms in total. The topological polar surface area (TPSA) is 92.8 Å². The van der Waals surface area contributed by atoms with Gasteiger partial charge in [-0.2, -0.15) is 0 Å². The van der Waals surface area contributed by atoms with Crippen molar-refractivity contribution in [1.82, 2.24) is 0 Å². The molecule has 0 aliphatic carbocycles. The molecule has 0 aromatic heterocycles. The maximum atomic E-state index is 10.6. The average molecular weight is 318 g/mol. The second-order valence-corrected chi connectivity index (χ2v) is 4.84. The van der Waals surface area contributed by atoms with Crippen LogP contribution >= 0.6 is 15.9 Å². The zero-order chi connectivity index (χ0) is 13.9. The van der Waals surface area contributed by atoms with Gasteiger partial charge in [0.25, 0.3) is 0 Å². The summed E-state index contributed by atoms with van der Waals surface area (Å²) in [5.41, 5.74) is 7.45. The number of hydrogen-bond donors (Lipinski definition) is 3. The molecule has 0 aliphatic heterocycles.